The van der Waals surface area contributed by atoms with Crippen molar-refractivity contribution in [2.45, 2.75) is 44.9 Å². The maximum Gasteiger partial charge on any atom is 0.0144 e. The van der Waals surface area contributed by atoms with Crippen LogP contribution in [0.2, 0.25) is 0 Å². The minimum Gasteiger partial charge on any atom is -0.388 e. The first-order valence-electron chi connectivity index (χ1n) is 4.91. The molecule has 0 bridgehead atoms. The molecule has 0 aromatic heterocycles. The van der Waals surface area contributed by atoms with Gasteiger partial charge in [0.05, 0.1) is 0 Å². The summed E-state index contributed by atoms with van der Waals surface area (Å²) in [4.78, 5) is 0. The van der Waals surface area contributed by atoms with E-state index in [0.717, 1.165) is 0 Å². The number of hydrogen-bond donors (Lipinski definition) is 1. The van der Waals surface area contributed by atoms with Crippen molar-refractivity contribution < 1.29 is 0 Å². The van der Waals surface area contributed by atoms with Crippen LogP contribution in [0.15, 0.2) is 11.3 Å². The Hall–Kier alpha value is -0.460. The highest BCUT2D eigenvalue weighted by Crippen LogP contribution is 2.28. The summed E-state index contributed by atoms with van der Waals surface area (Å²) in [5.74, 6) is 0. The largest absolute Gasteiger partial charge is 0.388 e. The fourth-order valence-electron chi connectivity index (χ4n) is 2.16. The standard InChI is InChI=1S/C10H17N/c1-2-6-9(5-1)10-7-3-4-8-11-10/h11H,1-8H2. The number of piperidine rings is 1. The molecule has 0 spiro atoms. The Morgan fingerprint density at radius 3 is 2.18 bits per heavy atom. The molecule has 0 atom stereocenters. The molecule has 2 fully saturated rings. The summed E-state index contributed by atoms with van der Waals surface area (Å²) in [5, 5.41) is 3.54. The van der Waals surface area contributed by atoms with Crippen LogP contribution in [0.4, 0.5) is 0 Å². The van der Waals surface area contributed by atoms with Crippen LogP contribution in [0, 0.1) is 0 Å². The van der Waals surface area contributed by atoms with Crippen molar-refractivity contribution in [1.82, 2.24) is 5.32 Å². The number of allylic oxidation sites excluding steroid dienone is 2. The highest BCUT2D eigenvalue weighted by Gasteiger charge is 2.13. The summed E-state index contributed by atoms with van der Waals surface area (Å²) in [6.07, 6.45) is 9.73. The molecule has 2 rings (SSSR count). The number of hydrogen-bond acceptors (Lipinski definition) is 1. The predicted octanol–water partition coefficient (Wildman–Crippen LogP) is 2.59. The Morgan fingerprint density at radius 1 is 0.818 bits per heavy atom. The first-order valence-corrected chi connectivity index (χ1v) is 4.91. The molecule has 0 aromatic rings. The van der Waals surface area contributed by atoms with Gasteiger partial charge in [-0.1, -0.05) is 5.57 Å². The Balaban J connectivity index is 2.03. The van der Waals surface area contributed by atoms with E-state index in [4.69, 9.17) is 0 Å². The van der Waals surface area contributed by atoms with Gasteiger partial charge >= 0.3 is 0 Å². The van der Waals surface area contributed by atoms with Gasteiger partial charge in [-0.2, -0.15) is 0 Å². The lowest BCUT2D eigenvalue weighted by molar-refractivity contribution is 0.578. The van der Waals surface area contributed by atoms with Crippen molar-refractivity contribution in [3.8, 4) is 0 Å². The molecular weight excluding hydrogens is 134 g/mol. The molecule has 1 heterocycles. The quantitative estimate of drug-likeness (QED) is 0.561. The minimum absolute atomic E-state index is 1.22. The maximum absolute atomic E-state index is 3.54. The van der Waals surface area contributed by atoms with Crippen molar-refractivity contribution in [3.63, 3.8) is 0 Å². The molecule has 1 heteroatoms. The second kappa shape index (κ2) is 3.29. The van der Waals surface area contributed by atoms with Gasteiger partial charge in [-0.15, -0.1) is 0 Å². The Morgan fingerprint density at radius 2 is 1.55 bits per heavy atom. The van der Waals surface area contributed by atoms with Gasteiger partial charge in [0.1, 0.15) is 0 Å². The van der Waals surface area contributed by atoms with Crippen LogP contribution in [0.1, 0.15) is 44.9 Å². The third kappa shape index (κ3) is 1.58. The minimum atomic E-state index is 1.22. The third-order valence-electron chi connectivity index (χ3n) is 2.83. The third-order valence-corrected chi connectivity index (χ3v) is 2.83. The van der Waals surface area contributed by atoms with E-state index in [1.54, 1.807) is 11.3 Å². The molecule has 1 aliphatic heterocycles. The van der Waals surface area contributed by atoms with Gasteiger partial charge < -0.3 is 5.32 Å². The fourth-order valence-corrected chi connectivity index (χ4v) is 2.16. The molecule has 62 valence electrons. The van der Waals surface area contributed by atoms with Gasteiger partial charge in [0, 0.05) is 12.2 Å². The lowest BCUT2D eigenvalue weighted by Crippen LogP contribution is -2.21. The molecule has 1 N–H and O–H groups in total. The van der Waals surface area contributed by atoms with Crippen molar-refractivity contribution in [2.75, 3.05) is 6.54 Å². The van der Waals surface area contributed by atoms with E-state index in [0.29, 0.717) is 0 Å². The summed E-state index contributed by atoms with van der Waals surface area (Å²) in [6.45, 7) is 1.22. The molecule has 1 aliphatic carbocycles. The smallest absolute Gasteiger partial charge is 0.0144 e. The van der Waals surface area contributed by atoms with Crippen LogP contribution < -0.4 is 5.32 Å². The zero-order valence-corrected chi connectivity index (χ0v) is 7.16. The Labute approximate surface area is 68.9 Å². The lowest BCUT2D eigenvalue weighted by Gasteiger charge is -2.19. The fraction of sp³-hybridized carbons (Fsp3) is 0.800. The highest BCUT2D eigenvalue weighted by atomic mass is 14.9. The highest BCUT2D eigenvalue weighted by molar-refractivity contribution is 5.16. The van der Waals surface area contributed by atoms with Crippen LogP contribution in [0.5, 0.6) is 0 Å². The van der Waals surface area contributed by atoms with Gasteiger partial charge in [0.2, 0.25) is 0 Å². The molecule has 0 unspecified atom stereocenters. The monoisotopic (exact) mass is 151 g/mol. The van der Waals surface area contributed by atoms with Crippen molar-refractivity contribution in [3.05, 3.63) is 11.3 Å². The summed E-state index contributed by atoms with van der Waals surface area (Å²) in [7, 11) is 0. The lowest BCUT2D eigenvalue weighted by atomic mass is 10.0. The molecule has 2 aliphatic rings. The van der Waals surface area contributed by atoms with E-state index >= 15 is 0 Å². The Bertz CT molecular complexity index is 154. The van der Waals surface area contributed by atoms with Gasteiger partial charge in [0.15, 0.2) is 0 Å². The van der Waals surface area contributed by atoms with Gasteiger partial charge in [-0.25, -0.2) is 0 Å². The first-order chi connectivity index (χ1) is 5.47. The van der Waals surface area contributed by atoms with E-state index in [1.807, 2.05) is 0 Å². The summed E-state index contributed by atoms with van der Waals surface area (Å²) >= 11 is 0. The van der Waals surface area contributed by atoms with E-state index in [-0.39, 0.29) is 0 Å². The van der Waals surface area contributed by atoms with Crippen LogP contribution in [-0.2, 0) is 0 Å². The summed E-state index contributed by atoms with van der Waals surface area (Å²) in [6, 6.07) is 0. The molecule has 0 amide bonds. The van der Waals surface area contributed by atoms with E-state index in [2.05, 4.69) is 5.32 Å². The zero-order chi connectivity index (χ0) is 7.52. The second-order valence-corrected chi connectivity index (χ2v) is 3.67. The molecule has 0 radical (unpaired) electrons. The van der Waals surface area contributed by atoms with E-state index < -0.39 is 0 Å². The molecule has 1 saturated carbocycles. The topological polar surface area (TPSA) is 12.0 Å². The molecule has 0 aromatic carbocycles. The van der Waals surface area contributed by atoms with Crippen molar-refractivity contribution in [1.29, 1.82) is 0 Å². The van der Waals surface area contributed by atoms with Crippen LogP contribution >= 0.6 is 0 Å². The maximum atomic E-state index is 3.54. The first kappa shape index (κ1) is 7.20. The SMILES string of the molecule is C1CCC(=C2CCCC2)NC1. The molecular formula is C10H17N. The predicted molar refractivity (Wildman–Crippen MR) is 47.3 cm³/mol. The van der Waals surface area contributed by atoms with Crippen LogP contribution in [0.25, 0.3) is 0 Å². The van der Waals surface area contributed by atoms with E-state index in [1.165, 1.54) is 51.5 Å². The number of nitrogens with one attached hydrogen (secondary N) is 1. The van der Waals surface area contributed by atoms with Crippen LogP contribution in [0.3, 0.4) is 0 Å². The average Bonchev–Trinajstić information content (AvgIpc) is 2.58. The molecule has 11 heavy (non-hydrogen) atoms. The Kier molecular flexibility index (Phi) is 2.16. The molecule has 1 saturated heterocycles. The summed E-state index contributed by atoms with van der Waals surface area (Å²) < 4.78 is 0. The van der Waals surface area contributed by atoms with Crippen LogP contribution in [-0.4, -0.2) is 6.54 Å². The van der Waals surface area contributed by atoms with Gasteiger partial charge in [0.25, 0.3) is 0 Å². The van der Waals surface area contributed by atoms with Crippen molar-refractivity contribution in [2.24, 2.45) is 0 Å². The molecule has 1 nitrogen and oxygen atoms in total. The normalized spacial score (nSPS) is 25.5. The zero-order valence-electron chi connectivity index (χ0n) is 7.16. The second-order valence-electron chi connectivity index (χ2n) is 3.67. The summed E-state index contributed by atoms with van der Waals surface area (Å²) in [5.41, 5.74) is 3.35. The van der Waals surface area contributed by atoms with Gasteiger partial charge in [-0.3, -0.25) is 0 Å². The van der Waals surface area contributed by atoms with Gasteiger partial charge in [-0.05, 0) is 44.9 Å². The number of rotatable bonds is 0. The van der Waals surface area contributed by atoms with E-state index in [9.17, 15) is 0 Å². The average molecular weight is 151 g/mol. The van der Waals surface area contributed by atoms with Crippen molar-refractivity contribution >= 4 is 0 Å².